The van der Waals surface area contributed by atoms with Crippen LogP contribution in [0.25, 0.3) is 11.1 Å². The summed E-state index contributed by atoms with van der Waals surface area (Å²) in [4.78, 5) is 3.73. The van der Waals surface area contributed by atoms with Crippen molar-refractivity contribution in [2.75, 3.05) is 0 Å². The molecule has 0 radical (unpaired) electrons. The molecule has 32 heavy (non-hydrogen) atoms. The second kappa shape index (κ2) is 9.78. The molecule has 3 aromatic rings. The Labute approximate surface area is 188 Å². The van der Waals surface area contributed by atoms with E-state index < -0.39 is 12.2 Å². The first-order valence-corrected chi connectivity index (χ1v) is 10.00. The first kappa shape index (κ1) is 23.2. The summed E-state index contributed by atoms with van der Waals surface area (Å²) < 4.78 is 55.1. The zero-order chi connectivity index (χ0) is 23.3. The summed E-state index contributed by atoms with van der Waals surface area (Å²) in [5.74, 6) is 5.25. The average molecular weight is 455 g/mol. The van der Waals surface area contributed by atoms with Gasteiger partial charge in [-0.15, -0.1) is 13.2 Å². The van der Waals surface area contributed by atoms with Gasteiger partial charge >= 0.3 is 6.36 Å². The Kier molecular flexibility index (Phi) is 7.09. The van der Waals surface area contributed by atoms with Gasteiger partial charge in [0.25, 0.3) is 0 Å². The van der Waals surface area contributed by atoms with Crippen LogP contribution >= 0.6 is 12.2 Å². The third kappa shape index (κ3) is 5.82. The lowest BCUT2D eigenvalue weighted by Crippen LogP contribution is -2.16. The number of thiocarbonyl (C=S) groups is 1. The van der Waals surface area contributed by atoms with Crippen molar-refractivity contribution in [3.05, 3.63) is 82.7 Å². The van der Waals surface area contributed by atoms with E-state index in [9.17, 15) is 17.6 Å². The topological polar surface area (TPSA) is 21.6 Å². The van der Waals surface area contributed by atoms with Crippen LogP contribution in [0.1, 0.15) is 29.2 Å². The maximum Gasteiger partial charge on any atom is 0.573 e. The van der Waals surface area contributed by atoms with Gasteiger partial charge in [-0.05, 0) is 84.2 Å². The monoisotopic (exact) mass is 455 g/mol. The summed E-state index contributed by atoms with van der Waals surface area (Å²) in [6, 6.07) is 14.3. The fourth-order valence-corrected chi connectivity index (χ4v) is 3.26. The SMILES string of the molecule is CCc1cc(-c2ccc(OC(F)(F)F)cc2)ccc1C#Cc1cc(C)c(N=C=S)c(F)c1. The van der Waals surface area contributed by atoms with Crippen LogP contribution in [0.4, 0.5) is 23.2 Å². The van der Waals surface area contributed by atoms with Gasteiger partial charge in [0.05, 0.1) is 5.16 Å². The van der Waals surface area contributed by atoms with Crippen LogP contribution in [0.5, 0.6) is 5.75 Å². The molecule has 0 aliphatic rings. The van der Waals surface area contributed by atoms with Gasteiger partial charge in [-0.25, -0.2) is 4.39 Å². The molecule has 0 aromatic heterocycles. The minimum absolute atomic E-state index is 0.149. The molecule has 0 saturated carbocycles. The lowest BCUT2D eigenvalue weighted by Gasteiger charge is -2.10. The van der Waals surface area contributed by atoms with Crippen molar-refractivity contribution in [2.45, 2.75) is 26.6 Å². The predicted molar refractivity (Wildman–Crippen MR) is 120 cm³/mol. The van der Waals surface area contributed by atoms with Crippen molar-refractivity contribution in [1.82, 2.24) is 0 Å². The number of aryl methyl sites for hydroxylation is 2. The summed E-state index contributed by atoms with van der Waals surface area (Å²) in [6.45, 7) is 3.70. The molecule has 7 heteroatoms. The quantitative estimate of drug-likeness (QED) is 0.177. The third-order valence-corrected chi connectivity index (χ3v) is 4.75. The zero-order valence-corrected chi connectivity index (χ0v) is 18.0. The molecule has 162 valence electrons. The van der Waals surface area contributed by atoms with Crippen LogP contribution in [0.15, 0.2) is 59.6 Å². The molecule has 3 rings (SSSR count). The first-order chi connectivity index (χ1) is 15.2. The summed E-state index contributed by atoms with van der Waals surface area (Å²) >= 11 is 4.54. The molecule has 0 heterocycles. The lowest BCUT2D eigenvalue weighted by atomic mass is 9.97. The third-order valence-electron chi connectivity index (χ3n) is 4.66. The van der Waals surface area contributed by atoms with E-state index >= 15 is 0 Å². The number of isothiocyanates is 1. The Morgan fingerprint density at radius 3 is 2.25 bits per heavy atom. The van der Waals surface area contributed by atoms with E-state index in [4.69, 9.17) is 0 Å². The predicted octanol–water partition coefficient (Wildman–Crippen LogP) is 7.40. The second-order valence-electron chi connectivity index (χ2n) is 6.87. The Morgan fingerprint density at radius 1 is 0.969 bits per heavy atom. The van der Waals surface area contributed by atoms with E-state index in [2.05, 4.69) is 38.9 Å². The number of aliphatic imine (C=N–C) groups is 1. The van der Waals surface area contributed by atoms with E-state index in [1.54, 1.807) is 25.1 Å². The summed E-state index contributed by atoms with van der Waals surface area (Å²) in [7, 11) is 0. The van der Waals surface area contributed by atoms with E-state index in [0.717, 1.165) is 22.3 Å². The molecule has 2 nitrogen and oxygen atoms in total. The van der Waals surface area contributed by atoms with Crippen LogP contribution in [0.3, 0.4) is 0 Å². The molecule has 0 unspecified atom stereocenters. The van der Waals surface area contributed by atoms with Crippen LogP contribution in [0.2, 0.25) is 0 Å². The molecule has 0 N–H and O–H groups in total. The van der Waals surface area contributed by atoms with Crippen molar-refractivity contribution in [3.8, 4) is 28.7 Å². The highest BCUT2D eigenvalue weighted by atomic mass is 32.1. The van der Waals surface area contributed by atoms with Crippen molar-refractivity contribution in [2.24, 2.45) is 4.99 Å². The van der Waals surface area contributed by atoms with Gasteiger partial charge in [0.1, 0.15) is 11.4 Å². The largest absolute Gasteiger partial charge is 0.573 e. The Bertz CT molecular complexity index is 1220. The molecule has 0 atom stereocenters. The molecule has 0 fully saturated rings. The maximum absolute atomic E-state index is 14.2. The minimum Gasteiger partial charge on any atom is -0.406 e. The highest BCUT2D eigenvalue weighted by Crippen LogP contribution is 2.28. The Morgan fingerprint density at radius 2 is 1.66 bits per heavy atom. The van der Waals surface area contributed by atoms with Gasteiger partial charge in [-0.1, -0.05) is 37.0 Å². The van der Waals surface area contributed by atoms with Crippen molar-refractivity contribution < 1.29 is 22.3 Å². The van der Waals surface area contributed by atoms with Crippen molar-refractivity contribution in [1.29, 1.82) is 0 Å². The fourth-order valence-electron chi connectivity index (χ4n) is 3.17. The highest BCUT2D eigenvalue weighted by Gasteiger charge is 2.30. The van der Waals surface area contributed by atoms with E-state index in [-0.39, 0.29) is 11.4 Å². The molecule has 0 aliphatic heterocycles. The summed E-state index contributed by atoms with van der Waals surface area (Å²) in [5, 5.41) is 2.17. The van der Waals surface area contributed by atoms with Crippen LogP contribution in [-0.4, -0.2) is 11.5 Å². The van der Waals surface area contributed by atoms with Gasteiger partial charge in [-0.3, -0.25) is 0 Å². The molecule has 0 spiro atoms. The number of ether oxygens (including phenoxy) is 1. The number of rotatable bonds is 4. The van der Waals surface area contributed by atoms with E-state index in [1.807, 2.05) is 25.1 Å². The van der Waals surface area contributed by atoms with Crippen LogP contribution in [0, 0.1) is 24.6 Å². The second-order valence-corrected chi connectivity index (χ2v) is 7.06. The number of halogens is 4. The van der Waals surface area contributed by atoms with Crippen molar-refractivity contribution in [3.63, 3.8) is 0 Å². The number of hydrogen-bond acceptors (Lipinski definition) is 3. The molecule has 3 aromatic carbocycles. The van der Waals surface area contributed by atoms with Crippen molar-refractivity contribution >= 4 is 23.1 Å². The molecule has 0 aliphatic carbocycles. The standard InChI is InChI=1S/C25H17F4NOS/c1-3-18-14-21(20-8-10-22(11-9-20)31-25(27,28)29)7-6-19(18)5-4-17-12-16(2)24(30-15-32)23(26)13-17/h6-14H,3H2,1-2H3. The lowest BCUT2D eigenvalue weighted by molar-refractivity contribution is -0.274. The minimum atomic E-state index is -4.73. The number of hydrogen-bond donors (Lipinski definition) is 0. The van der Waals surface area contributed by atoms with E-state index in [0.29, 0.717) is 17.5 Å². The van der Waals surface area contributed by atoms with Gasteiger partial charge in [-0.2, -0.15) is 4.99 Å². The zero-order valence-electron chi connectivity index (χ0n) is 17.2. The highest BCUT2D eigenvalue weighted by molar-refractivity contribution is 7.78. The normalized spacial score (nSPS) is 10.7. The molecular weight excluding hydrogens is 438 g/mol. The summed E-state index contributed by atoms with van der Waals surface area (Å²) in [6.07, 6.45) is -4.03. The number of benzene rings is 3. The molecule has 0 amide bonds. The smallest absolute Gasteiger partial charge is 0.406 e. The number of alkyl halides is 3. The van der Waals surface area contributed by atoms with Gasteiger partial charge < -0.3 is 4.74 Å². The maximum atomic E-state index is 14.2. The van der Waals surface area contributed by atoms with Gasteiger partial charge in [0, 0.05) is 11.1 Å². The van der Waals surface area contributed by atoms with Gasteiger partial charge in [0.15, 0.2) is 5.82 Å². The molecule has 0 bridgehead atoms. The Hall–Kier alpha value is -3.46. The van der Waals surface area contributed by atoms with Gasteiger partial charge in [0.2, 0.25) is 0 Å². The Balaban J connectivity index is 1.88. The first-order valence-electron chi connectivity index (χ1n) is 9.59. The number of nitrogens with zero attached hydrogens (tertiary/aromatic N) is 1. The van der Waals surface area contributed by atoms with Crippen LogP contribution in [-0.2, 0) is 6.42 Å². The fraction of sp³-hybridized carbons (Fsp3) is 0.160. The van der Waals surface area contributed by atoms with E-state index in [1.165, 1.54) is 18.2 Å². The summed E-state index contributed by atoms with van der Waals surface area (Å²) in [5.41, 5.74) is 4.61. The molecular formula is C25H17F4NOS. The van der Waals surface area contributed by atoms with Crippen LogP contribution < -0.4 is 4.74 Å². The average Bonchev–Trinajstić information content (AvgIpc) is 2.74. The molecule has 0 saturated heterocycles.